The van der Waals surface area contributed by atoms with Gasteiger partial charge in [-0.25, -0.2) is 4.79 Å². The van der Waals surface area contributed by atoms with Crippen LogP contribution in [0.5, 0.6) is 0 Å². The molecule has 23 heavy (non-hydrogen) atoms. The van der Waals surface area contributed by atoms with Crippen LogP contribution in [0, 0.1) is 18.8 Å². The molecule has 1 aromatic rings. The first-order chi connectivity index (χ1) is 10.7. The fourth-order valence-corrected chi connectivity index (χ4v) is 3.54. The summed E-state index contributed by atoms with van der Waals surface area (Å²) in [7, 11) is 0. The fourth-order valence-electron chi connectivity index (χ4n) is 3.31. The van der Waals surface area contributed by atoms with Crippen molar-refractivity contribution in [1.82, 2.24) is 5.32 Å². The molecular weight excluding hydrogens is 314 g/mol. The van der Waals surface area contributed by atoms with Crippen LogP contribution < -0.4 is 5.32 Å². The van der Waals surface area contributed by atoms with E-state index in [1.165, 1.54) is 0 Å². The van der Waals surface area contributed by atoms with Crippen LogP contribution in [0.4, 0.5) is 0 Å². The third-order valence-corrected chi connectivity index (χ3v) is 5.35. The molecule has 2 rings (SSSR count). The lowest BCUT2D eigenvalue weighted by molar-refractivity contribution is -0.150. The second kappa shape index (κ2) is 6.91. The summed E-state index contributed by atoms with van der Waals surface area (Å²) in [5.41, 5.74) is 0.663. The van der Waals surface area contributed by atoms with Crippen molar-refractivity contribution in [2.45, 2.75) is 52.0 Å². The standard InChI is InChI=1S/C18H24ClNO3/c1-11-6-7-18(17(22)23,10-13(11)3)20-16(21)9-14-4-5-15(19)8-12(14)2/h4-5,8,11,13H,6-7,9-10H2,1-3H3,(H,20,21)(H,22,23). The lowest BCUT2D eigenvalue weighted by Crippen LogP contribution is -2.58. The van der Waals surface area contributed by atoms with E-state index in [4.69, 9.17) is 11.6 Å². The van der Waals surface area contributed by atoms with Gasteiger partial charge in [0.2, 0.25) is 5.91 Å². The molecule has 5 heteroatoms. The maximum Gasteiger partial charge on any atom is 0.329 e. The summed E-state index contributed by atoms with van der Waals surface area (Å²) in [6.45, 7) is 6.08. The number of amides is 1. The SMILES string of the molecule is Cc1cc(Cl)ccc1CC(=O)NC1(C(=O)O)CCC(C)C(C)C1. The van der Waals surface area contributed by atoms with Gasteiger partial charge in [0.1, 0.15) is 5.54 Å². The zero-order valence-corrected chi connectivity index (χ0v) is 14.6. The Morgan fingerprint density at radius 3 is 2.61 bits per heavy atom. The van der Waals surface area contributed by atoms with Gasteiger partial charge in [-0.3, -0.25) is 4.79 Å². The minimum atomic E-state index is -1.14. The maximum atomic E-state index is 12.4. The van der Waals surface area contributed by atoms with Crippen LogP contribution >= 0.6 is 11.6 Å². The molecule has 1 aromatic carbocycles. The van der Waals surface area contributed by atoms with Crippen molar-refractivity contribution in [1.29, 1.82) is 0 Å². The third kappa shape index (κ3) is 4.05. The molecular formula is C18H24ClNO3. The quantitative estimate of drug-likeness (QED) is 0.882. The van der Waals surface area contributed by atoms with Crippen molar-refractivity contribution in [3.05, 3.63) is 34.3 Å². The Kier molecular flexibility index (Phi) is 5.35. The molecule has 1 aliphatic carbocycles. The summed E-state index contributed by atoms with van der Waals surface area (Å²) >= 11 is 5.92. The number of carboxylic acids is 1. The lowest BCUT2D eigenvalue weighted by atomic mass is 9.71. The van der Waals surface area contributed by atoms with Gasteiger partial charge in [0.25, 0.3) is 0 Å². The second-order valence-corrected chi connectivity index (χ2v) is 7.32. The topological polar surface area (TPSA) is 66.4 Å². The second-order valence-electron chi connectivity index (χ2n) is 6.88. The molecule has 1 amide bonds. The zero-order valence-electron chi connectivity index (χ0n) is 13.9. The van der Waals surface area contributed by atoms with E-state index in [-0.39, 0.29) is 18.2 Å². The van der Waals surface area contributed by atoms with Crippen LogP contribution in [0.25, 0.3) is 0 Å². The monoisotopic (exact) mass is 337 g/mol. The Balaban J connectivity index is 2.11. The first-order valence-electron chi connectivity index (χ1n) is 8.03. The molecule has 0 bridgehead atoms. The molecule has 0 aliphatic heterocycles. The highest BCUT2D eigenvalue weighted by molar-refractivity contribution is 6.30. The van der Waals surface area contributed by atoms with Crippen molar-refractivity contribution in [3.8, 4) is 0 Å². The van der Waals surface area contributed by atoms with Crippen LogP contribution in [0.3, 0.4) is 0 Å². The minimum absolute atomic E-state index is 0.169. The van der Waals surface area contributed by atoms with Gasteiger partial charge >= 0.3 is 5.97 Å². The van der Waals surface area contributed by atoms with Crippen LogP contribution in [-0.4, -0.2) is 22.5 Å². The van der Waals surface area contributed by atoms with Crippen LogP contribution in [-0.2, 0) is 16.0 Å². The van der Waals surface area contributed by atoms with Crippen molar-refractivity contribution in [2.24, 2.45) is 11.8 Å². The van der Waals surface area contributed by atoms with Crippen molar-refractivity contribution >= 4 is 23.5 Å². The van der Waals surface area contributed by atoms with E-state index >= 15 is 0 Å². The van der Waals surface area contributed by atoms with Gasteiger partial charge < -0.3 is 10.4 Å². The number of rotatable bonds is 4. The first-order valence-corrected chi connectivity index (χ1v) is 8.41. The van der Waals surface area contributed by atoms with Gasteiger partial charge in [-0.1, -0.05) is 31.5 Å². The number of aliphatic carboxylic acids is 1. The molecule has 2 N–H and O–H groups in total. The predicted molar refractivity (Wildman–Crippen MR) is 90.6 cm³/mol. The normalized spacial score (nSPS) is 27.5. The van der Waals surface area contributed by atoms with Crippen LogP contribution in [0.2, 0.25) is 5.02 Å². The molecule has 3 unspecified atom stereocenters. The molecule has 0 aromatic heterocycles. The van der Waals surface area contributed by atoms with E-state index in [0.717, 1.165) is 17.5 Å². The highest BCUT2D eigenvalue weighted by atomic mass is 35.5. The molecule has 3 atom stereocenters. The third-order valence-electron chi connectivity index (χ3n) is 5.11. The summed E-state index contributed by atoms with van der Waals surface area (Å²) in [6, 6.07) is 5.37. The van der Waals surface area contributed by atoms with Gasteiger partial charge in [-0.2, -0.15) is 0 Å². The van der Waals surface area contributed by atoms with Crippen molar-refractivity contribution < 1.29 is 14.7 Å². The number of halogens is 1. The molecule has 1 aliphatic rings. The number of benzene rings is 1. The van der Waals surface area contributed by atoms with Crippen LogP contribution in [0.15, 0.2) is 18.2 Å². The summed E-state index contributed by atoms with van der Waals surface area (Å²) in [5, 5.41) is 13.1. The van der Waals surface area contributed by atoms with E-state index in [1.54, 1.807) is 6.07 Å². The zero-order chi connectivity index (χ0) is 17.2. The Morgan fingerprint density at radius 2 is 2.04 bits per heavy atom. The van der Waals surface area contributed by atoms with E-state index in [9.17, 15) is 14.7 Å². The molecule has 0 spiro atoms. The smallest absolute Gasteiger partial charge is 0.329 e. The van der Waals surface area contributed by atoms with Crippen molar-refractivity contribution in [3.63, 3.8) is 0 Å². The van der Waals surface area contributed by atoms with E-state index in [0.29, 0.717) is 23.8 Å². The number of hydrogen-bond acceptors (Lipinski definition) is 2. The Hall–Kier alpha value is -1.55. The summed E-state index contributed by atoms with van der Waals surface area (Å²) in [5.74, 6) is -0.424. The highest BCUT2D eigenvalue weighted by Crippen LogP contribution is 2.36. The molecule has 0 heterocycles. The number of carboxylic acid groups (broad SMARTS) is 1. The average molecular weight is 338 g/mol. The maximum absolute atomic E-state index is 12.4. The average Bonchev–Trinajstić information content (AvgIpc) is 2.46. The van der Waals surface area contributed by atoms with Gasteiger partial charge in [0, 0.05) is 5.02 Å². The van der Waals surface area contributed by atoms with E-state index < -0.39 is 11.5 Å². The number of carbonyl (C=O) groups excluding carboxylic acids is 1. The predicted octanol–water partition coefficient (Wildman–Crippen LogP) is 3.59. The molecule has 0 radical (unpaired) electrons. The van der Waals surface area contributed by atoms with Crippen molar-refractivity contribution in [2.75, 3.05) is 0 Å². The first kappa shape index (κ1) is 17.8. The Bertz CT molecular complexity index is 616. The van der Waals surface area contributed by atoms with Crippen LogP contribution in [0.1, 0.15) is 44.2 Å². The molecule has 1 saturated carbocycles. The lowest BCUT2D eigenvalue weighted by Gasteiger charge is -2.40. The minimum Gasteiger partial charge on any atom is -0.480 e. The summed E-state index contributed by atoms with van der Waals surface area (Å²) < 4.78 is 0. The largest absolute Gasteiger partial charge is 0.480 e. The van der Waals surface area contributed by atoms with Gasteiger partial charge in [-0.05, 0) is 61.3 Å². The fraction of sp³-hybridized carbons (Fsp3) is 0.556. The molecule has 0 saturated heterocycles. The Morgan fingerprint density at radius 1 is 1.35 bits per heavy atom. The molecule has 1 fully saturated rings. The summed E-state index contributed by atoms with van der Waals surface area (Å²) in [6.07, 6.45) is 1.95. The number of hydrogen-bond donors (Lipinski definition) is 2. The summed E-state index contributed by atoms with van der Waals surface area (Å²) in [4.78, 5) is 24.2. The van der Waals surface area contributed by atoms with Gasteiger partial charge in [0.05, 0.1) is 6.42 Å². The Labute approximate surface area is 142 Å². The number of carbonyl (C=O) groups is 2. The highest BCUT2D eigenvalue weighted by Gasteiger charge is 2.45. The van der Waals surface area contributed by atoms with Gasteiger partial charge in [-0.15, -0.1) is 0 Å². The van der Waals surface area contributed by atoms with Gasteiger partial charge in [0.15, 0.2) is 0 Å². The van der Waals surface area contributed by atoms with E-state index in [1.807, 2.05) is 19.1 Å². The molecule has 126 valence electrons. The number of aryl methyl sites for hydroxylation is 1. The van der Waals surface area contributed by atoms with E-state index in [2.05, 4.69) is 19.2 Å². The number of nitrogens with one attached hydrogen (secondary N) is 1. The molecule has 4 nitrogen and oxygen atoms in total.